The van der Waals surface area contributed by atoms with Crippen molar-refractivity contribution in [2.45, 2.75) is 65.5 Å². The van der Waals surface area contributed by atoms with Gasteiger partial charge in [0.2, 0.25) is 0 Å². The fourth-order valence-corrected chi connectivity index (χ4v) is 5.87. The summed E-state index contributed by atoms with van der Waals surface area (Å²) >= 11 is 0. The highest BCUT2D eigenvalue weighted by atomic mass is 16.3. The van der Waals surface area contributed by atoms with Gasteiger partial charge in [0.05, 0.1) is 23.9 Å². The van der Waals surface area contributed by atoms with Crippen molar-refractivity contribution < 1.29 is 24.6 Å². The van der Waals surface area contributed by atoms with E-state index in [4.69, 9.17) is 5.10 Å². The van der Waals surface area contributed by atoms with E-state index in [0.29, 0.717) is 43.1 Å². The monoisotopic (exact) mass is 638 g/mol. The molecule has 1 atom stereocenters. The molecule has 3 amide bonds. The summed E-state index contributed by atoms with van der Waals surface area (Å²) in [5.74, 6) is -1.43. The average molecular weight is 639 g/mol. The van der Waals surface area contributed by atoms with Gasteiger partial charge in [-0.1, -0.05) is 51.0 Å². The van der Waals surface area contributed by atoms with E-state index in [1.807, 2.05) is 36.1 Å². The molecule has 0 saturated heterocycles. The van der Waals surface area contributed by atoms with Crippen LogP contribution in [0.4, 0.5) is 5.69 Å². The fourth-order valence-electron chi connectivity index (χ4n) is 5.87. The number of amides is 3. The van der Waals surface area contributed by atoms with Crippen LogP contribution >= 0.6 is 0 Å². The molecule has 0 fully saturated rings. The van der Waals surface area contributed by atoms with Gasteiger partial charge in [-0.2, -0.15) is 5.10 Å². The van der Waals surface area contributed by atoms with Crippen LogP contribution < -0.4 is 5.32 Å². The lowest BCUT2D eigenvalue weighted by molar-refractivity contribution is 0.0544. The number of rotatable bonds is 12. The molecule has 11 heteroatoms. The van der Waals surface area contributed by atoms with Gasteiger partial charge in [-0.15, -0.1) is 0 Å². The Morgan fingerprint density at radius 2 is 1.70 bits per heavy atom. The zero-order valence-corrected chi connectivity index (χ0v) is 27.1. The molecule has 246 valence electrons. The first-order valence-electron chi connectivity index (χ1n) is 16.2. The minimum absolute atomic E-state index is 0.154. The summed E-state index contributed by atoms with van der Waals surface area (Å²) in [5.41, 5.74) is 3.82. The Labute approximate surface area is 274 Å². The SMILES string of the molecule is CCCCN(CCCC)C(=O)c1cc(C)n(-c2ccc(NC(=O)c3ncccc3O)cc2C(=O)N2Cc3ccccc3CC2CO)n1. The van der Waals surface area contributed by atoms with Crippen molar-refractivity contribution in [1.82, 2.24) is 24.6 Å². The van der Waals surface area contributed by atoms with Crippen molar-refractivity contribution in [2.75, 3.05) is 25.0 Å². The van der Waals surface area contributed by atoms with Gasteiger partial charge in [-0.3, -0.25) is 14.4 Å². The van der Waals surface area contributed by atoms with Gasteiger partial charge < -0.3 is 25.3 Å². The average Bonchev–Trinajstić information content (AvgIpc) is 3.48. The number of carbonyl (C=O) groups is 3. The molecule has 0 bridgehead atoms. The van der Waals surface area contributed by atoms with E-state index in [2.05, 4.69) is 24.1 Å². The molecule has 1 unspecified atom stereocenters. The predicted octanol–water partition coefficient (Wildman–Crippen LogP) is 5.14. The van der Waals surface area contributed by atoms with Crippen LogP contribution in [0.3, 0.4) is 0 Å². The van der Waals surface area contributed by atoms with Gasteiger partial charge in [0.25, 0.3) is 17.7 Å². The highest BCUT2D eigenvalue weighted by molar-refractivity contribution is 6.06. The topological polar surface area (TPSA) is 141 Å². The van der Waals surface area contributed by atoms with Crippen molar-refractivity contribution in [1.29, 1.82) is 0 Å². The third kappa shape index (κ3) is 7.36. The molecule has 4 aromatic rings. The number of fused-ring (bicyclic) bond motifs is 1. The fraction of sp³-hybridized carbons (Fsp3) is 0.361. The predicted molar refractivity (Wildman–Crippen MR) is 179 cm³/mol. The second-order valence-corrected chi connectivity index (χ2v) is 11.9. The molecular weight excluding hydrogens is 596 g/mol. The molecule has 2 aromatic carbocycles. The molecule has 0 saturated carbocycles. The number of aromatic hydroxyl groups is 1. The van der Waals surface area contributed by atoms with Crippen molar-refractivity contribution >= 4 is 23.4 Å². The van der Waals surface area contributed by atoms with Gasteiger partial charge in [0, 0.05) is 37.2 Å². The number of benzene rings is 2. The van der Waals surface area contributed by atoms with Crippen molar-refractivity contribution in [3.63, 3.8) is 0 Å². The van der Waals surface area contributed by atoms with Crippen LogP contribution in [-0.2, 0) is 13.0 Å². The largest absolute Gasteiger partial charge is 0.505 e. The van der Waals surface area contributed by atoms with Crippen LogP contribution in [0.15, 0.2) is 66.9 Å². The molecule has 0 spiro atoms. The first kappa shape index (κ1) is 33.3. The molecule has 0 aliphatic carbocycles. The lowest BCUT2D eigenvalue weighted by Crippen LogP contribution is -2.46. The summed E-state index contributed by atoms with van der Waals surface area (Å²) in [4.78, 5) is 48.6. The molecule has 47 heavy (non-hydrogen) atoms. The summed E-state index contributed by atoms with van der Waals surface area (Å²) < 4.78 is 1.58. The Kier molecular flexibility index (Phi) is 10.7. The molecule has 2 aromatic heterocycles. The standard InChI is InChI=1S/C36H42N6O5/c1-4-6-17-40(18-7-5-2)36(47)30-19-24(3)42(39-30)31-15-14-27(38-34(45)33-32(44)13-10-16-37-33)21-29(31)35(46)41-22-26-12-9-8-11-25(26)20-28(41)23-43/h8-16,19,21,28,43-44H,4-7,17-18,20,22-23H2,1-3H3,(H,38,45). The Morgan fingerprint density at radius 3 is 2.38 bits per heavy atom. The second-order valence-electron chi connectivity index (χ2n) is 11.9. The molecule has 3 N–H and O–H groups in total. The Balaban J connectivity index is 1.55. The van der Waals surface area contributed by atoms with E-state index in [1.165, 1.54) is 18.3 Å². The normalized spacial score (nSPS) is 14.0. The van der Waals surface area contributed by atoms with Crippen LogP contribution in [-0.4, -0.2) is 78.2 Å². The Hall–Kier alpha value is -5.03. The van der Waals surface area contributed by atoms with Gasteiger partial charge in [0.15, 0.2) is 11.4 Å². The summed E-state index contributed by atoms with van der Waals surface area (Å²) in [6, 6.07) is 16.9. The number of aromatic nitrogens is 3. The number of anilines is 1. The van der Waals surface area contributed by atoms with E-state index in [1.54, 1.807) is 33.8 Å². The van der Waals surface area contributed by atoms with E-state index in [9.17, 15) is 24.6 Å². The molecule has 3 heterocycles. The number of aliphatic hydroxyl groups excluding tert-OH is 1. The molecule has 5 rings (SSSR count). The van der Waals surface area contributed by atoms with Crippen molar-refractivity contribution in [3.8, 4) is 11.4 Å². The van der Waals surface area contributed by atoms with Crippen molar-refractivity contribution in [3.05, 3.63) is 101 Å². The molecule has 0 radical (unpaired) electrons. The lowest BCUT2D eigenvalue weighted by Gasteiger charge is -2.36. The first-order chi connectivity index (χ1) is 22.7. The van der Waals surface area contributed by atoms with Crippen LogP contribution in [0.2, 0.25) is 0 Å². The van der Waals surface area contributed by atoms with Gasteiger partial charge in [-0.05, 0) is 73.7 Å². The summed E-state index contributed by atoms with van der Waals surface area (Å²) in [6.07, 6.45) is 5.61. The molecule has 11 nitrogen and oxygen atoms in total. The number of nitrogens with one attached hydrogen (secondary N) is 1. The first-order valence-corrected chi connectivity index (χ1v) is 16.2. The maximum atomic E-state index is 14.5. The minimum atomic E-state index is -0.642. The van der Waals surface area contributed by atoms with Gasteiger partial charge in [-0.25, -0.2) is 9.67 Å². The molecule has 1 aliphatic heterocycles. The minimum Gasteiger partial charge on any atom is -0.505 e. The highest BCUT2D eigenvalue weighted by Gasteiger charge is 2.32. The number of aliphatic hydroxyl groups is 1. The third-order valence-corrected chi connectivity index (χ3v) is 8.50. The Bertz CT molecular complexity index is 1740. The number of carbonyl (C=O) groups excluding carboxylic acids is 3. The lowest BCUT2D eigenvalue weighted by atomic mass is 9.93. The number of hydrogen-bond acceptors (Lipinski definition) is 7. The highest BCUT2D eigenvalue weighted by Crippen LogP contribution is 2.29. The number of hydrogen-bond donors (Lipinski definition) is 3. The summed E-state index contributed by atoms with van der Waals surface area (Å²) in [5, 5.41) is 27.9. The molecular formula is C36H42N6O5. The smallest absolute Gasteiger partial charge is 0.278 e. The zero-order chi connectivity index (χ0) is 33.5. The summed E-state index contributed by atoms with van der Waals surface area (Å²) in [6.45, 7) is 7.36. The van der Waals surface area contributed by atoms with E-state index in [0.717, 1.165) is 36.8 Å². The third-order valence-electron chi connectivity index (χ3n) is 8.50. The van der Waals surface area contributed by atoms with Crippen LogP contribution in [0.1, 0.15) is 87.7 Å². The zero-order valence-electron chi connectivity index (χ0n) is 27.1. The van der Waals surface area contributed by atoms with E-state index >= 15 is 0 Å². The van der Waals surface area contributed by atoms with Gasteiger partial charge in [0.1, 0.15) is 5.75 Å². The quantitative estimate of drug-likeness (QED) is 0.195. The number of unbranched alkanes of at least 4 members (excludes halogenated alkanes) is 2. The molecule has 1 aliphatic rings. The summed E-state index contributed by atoms with van der Waals surface area (Å²) in [7, 11) is 0. The number of pyridine rings is 1. The van der Waals surface area contributed by atoms with Gasteiger partial charge >= 0.3 is 0 Å². The van der Waals surface area contributed by atoms with E-state index in [-0.39, 0.29) is 41.1 Å². The second kappa shape index (κ2) is 15.0. The maximum Gasteiger partial charge on any atom is 0.278 e. The Morgan fingerprint density at radius 1 is 0.979 bits per heavy atom. The van der Waals surface area contributed by atoms with Crippen molar-refractivity contribution in [2.24, 2.45) is 0 Å². The maximum absolute atomic E-state index is 14.5. The number of nitrogens with zero attached hydrogens (tertiary/aromatic N) is 5. The van der Waals surface area contributed by atoms with Crippen LogP contribution in [0.5, 0.6) is 5.75 Å². The number of aryl methyl sites for hydroxylation is 1. The van der Waals surface area contributed by atoms with Crippen LogP contribution in [0, 0.1) is 6.92 Å². The van der Waals surface area contributed by atoms with Crippen LogP contribution in [0.25, 0.3) is 5.69 Å². The van der Waals surface area contributed by atoms with E-state index < -0.39 is 11.9 Å².